The highest BCUT2D eigenvalue weighted by Crippen LogP contribution is 2.29. The highest BCUT2D eigenvalue weighted by molar-refractivity contribution is 6.07. The maximum absolute atomic E-state index is 5.83. The fraction of sp³-hybridized carbons (Fsp3) is 0.250. The molecule has 1 unspecified atom stereocenters. The Morgan fingerprint density at radius 3 is 2.79 bits per heavy atom. The molecule has 2 N–H and O–H groups in total. The second kappa shape index (κ2) is 4.37. The molecule has 0 saturated carbocycles. The number of morpholine rings is 1. The molecule has 4 rings (SSSR count). The molecular weight excluding hydrogens is 236 g/mol. The lowest BCUT2D eigenvalue weighted by molar-refractivity contribution is 0.0278. The van der Waals surface area contributed by atoms with Crippen molar-refractivity contribution in [2.75, 3.05) is 19.7 Å². The van der Waals surface area contributed by atoms with E-state index in [2.05, 4.69) is 52.8 Å². The summed E-state index contributed by atoms with van der Waals surface area (Å²) in [4.78, 5) is 3.45. The van der Waals surface area contributed by atoms with Crippen molar-refractivity contribution in [2.24, 2.45) is 0 Å². The van der Waals surface area contributed by atoms with Gasteiger partial charge in [0.05, 0.1) is 12.7 Å². The molecular formula is C16H16N2O. The van der Waals surface area contributed by atoms with Gasteiger partial charge in [-0.15, -0.1) is 0 Å². The molecule has 1 aromatic heterocycles. The van der Waals surface area contributed by atoms with Gasteiger partial charge in [0, 0.05) is 34.9 Å². The van der Waals surface area contributed by atoms with Gasteiger partial charge in [-0.1, -0.05) is 24.3 Å². The van der Waals surface area contributed by atoms with E-state index in [1.165, 1.54) is 27.4 Å². The van der Waals surface area contributed by atoms with Gasteiger partial charge in [0.15, 0.2) is 0 Å². The Balaban J connectivity index is 1.87. The molecule has 0 aliphatic carbocycles. The number of benzene rings is 2. The van der Waals surface area contributed by atoms with Crippen molar-refractivity contribution in [2.45, 2.75) is 6.10 Å². The number of aromatic nitrogens is 1. The molecule has 1 fully saturated rings. The summed E-state index contributed by atoms with van der Waals surface area (Å²) in [5, 5.41) is 5.94. The molecule has 2 heterocycles. The second-order valence-electron chi connectivity index (χ2n) is 5.04. The van der Waals surface area contributed by atoms with Crippen LogP contribution in [0.4, 0.5) is 0 Å². The van der Waals surface area contributed by atoms with Crippen molar-refractivity contribution < 1.29 is 4.74 Å². The maximum Gasteiger partial charge on any atom is 0.0950 e. The number of hydrogen-bond acceptors (Lipinski definition) is 2. The van der Waals surface area contributed by atoms with Gasteiger partial charge in [0.25, 0.3) is 0 Å². The van der Waals surface area contributed by atoms with Gasteiger partial charge in [-0.2, -0.15) is 0 Å². The molecule has 96 valence electrons. The summed E-state index contributed by atoms with van der Waals surface area (Å²) in [6.07, 6.45) is 0.173. The number of rotatable bonds is 1. The minimum absolute atomic E-state index is 0.173. The first-order chi connectivity index (χ1) is 9.42. The third-order valence-electron chi connectivity index (χ3n) is 3.83. The number of aromatic amines is 1. The average Bonchev–Trinajstić information content (AvgIpc) is 2.86. The predicted molar refractivity (Wildman–Crippen MR) is 77.4 cm³/mol. The first-order valence-electron chi connectivity index (χ1n) is 6.74. The van der Waals surface area contributed by atoms with Crippen LogP contribution >= 0.6 is 0 Å². The lowest BCUT2D eigenvalue weighted by atomic mass is 10.0. The highest BCUT2D eigenvalue weighted by Gasteiger charge is 2.16. The lowest BCUT2D eigenvalue weighted by Gasteiger charge is -2.24. The third-order valence-corrected chi connectivity index (χ3v) is 3.83. The van der Waals surface area contributed by atoms with Crippen LogP contribution in [0.5, 0.6) is 0 Å². The Labute approximate surface area is 111 Å². The van der Waals surface area contributed by atoms with E-state index in [1.54, 1.807) is 0 Å². The summed E-state index contributed by atoms with van der Waals surface area (Å²) in [7, 11) is 0. The summed E-state index contributed by atoms with van der Waals surface area (Å²) in [5.41, 5.74) is 3.63. The van der Waals surface area contributed by atoms with Gasteiger partial charge >= 0.3 is 0 Å². The number of nitrogens with one attached hydrogen (secondary N) is 2. The van der Waals surface area contributed by atoms with Crippen molar-refractivity contribution in [1.82, 2.24) is 10.3 Å². The summed E-state index contributed by atoms with van der Waals surface area (Å²) < 4.78 is 5.83. The summed E-state index contributed by atoms with van der Waals surface area (Å²) in [6.45, 7) is 2.64. The van der Waals surface area contributed by atoms with Crippen molar-refractivity contribution in [3.05, 3.63) is 48.0 Å². The van der Waals surface area contributed by atoms with Gasteiger partial charge < -0.3 is 15.0 Å². The highest BCUT2D eigenvalue weighted by atomic mass is 16.5. The van der Waals surface area contributed by atoms with E-state index >= 15 is 0 Å². The van der Waals surface area contributed by atoms with E-state index in [0.29, 0.717) is 0 Å². The zero-order valence-corrected chi connectivity index (χ0v) is 10.6. The number of para-hydroxylation sites is 1. The van der Waals surface area contributed by atoms with Crippen LogP contribution in [0.25, 0.3) is 21.8 Å². The van der Waals surface area contributed by atoms with Crippen LogP contribution in [-0.4, -0.2) is 24.7 Å². The molecule has 0 bridgehead atoms. The Kier molecular flexibility index (Phi) is 2.53. The largest absolute Gasteiger partial charge is 0.371 e. The molecule has 0 amide bonds. The molecule has 2 aromatic carbocycles. The Morgan fingerprint density at radius 1 is 1.00 bits per heavy atom. The molecule has 3 heteroatoms. The lowest BCUT2D eigenvalue weighted by Crippen LogP contribution is -2.33. The van der Waals surface area contributed by atoms with Gasteiger partial charge in [0.1, 0.15) is 0 Å². The quantitative estimate of drug-likeness (QED) is 0.698. The number of hydrogen-bond donors (Lipinski definition) is 2. The summed E-state index contributed by atoms with van der Waals surface area (Å²) in [6, 6.07) is 15.0. The van der Waals surface area contributed by atoms with Crippen LogP contribution in [-0.2, 0) is 4.74 Å². The summed E-state index contributed by atoms with van der Waals surface area (Å²) in [5.74, 6) is 0. The molecule has 1 atom stereocenters. The number of H-pyrrole nitrogens is 1. The predicted octanol–water partition coefficient (Wildman–Crippen LogP) is 2.98. The molecule has 0 spiro atoms. The topological polar surface area (TPSA) is 37.0 Å². The fourth-order valence-corrected chi connectivity index (χ4v) is 2.85. The molecule has 1 saturated heterocycles. The molecule has 3 aromatic rings. The van der Waals surface area contributed by atoms with E-state index < -0.39 is 0 Å². The van der Waals surface area contributed by atoms with Gasteiger partial charge in [-0.3, -0.25) is 0 Å². The van der Waals surface area contributed by atoms with E-state index in [4.69, 9.17) is 4.74 Å². The number of fused-ring (bicyclic) bond motifs is 3. The van der Waals surface area contributed by atoms with Crippen LogP contribution in [0.15, 0.2) is 42.5 Å². The third kappa shape index (κ3) is 1.82. The first-order valence-corrected chi connectivity index (χ1v) is 6.74. The SMILES string of the molecule is c1ccc2c(c1)[nH]c1ccc(C3CNCCO3)cc12. The minimum atomic E-state index is 0.173. The van der Waals surface area contributed by atoms with Gasteiger partial charge in [-0.25, -0.2) is 0 Å². The molecule has 19 heavy (non-hydrogen) atoms. The fourth-order valence-electron chi connectivity index (χ4n) is 2.85. The van der Waals surface area contributed by atoms with Crippen LogP contribution < -0.4 is 5.32 Å². The maximum atomic E-state index is 5.83. The first kappa shape index (κ1) is 11.0. The monoisotopic (exact) mass is 252 g/mol. The van der Waals surface area contributed by atoms with Crippen molar-refractivity contribution in [1.29, 1.82) is 0 Å². The van der Waals surface area contributed by atoms with E-state index in [1.807, 2.05) is 0 Å². The summed E-state index contributed by atoms with van der Waals surface area (Å²) >= 11 is 0. The second-order valence-corrected chi connectivity index (χ2v) is 5.04. The molecule has 3 nitrogen and oxygen atoms in total. The van der Waals surface area contributed by atoms with Crippen LogP contribution in [0.2, 0.25) is 0 Å². The minimum Gasteiger partial charge on any atom is -0.371 e. The smallest absolute Gasteiger partial charge is 0.0950 e. The van der Waals surface area contributed by atoms with Gasteiger partial charge in [-0.05, 0) is 23.8 Å². The zero-order chi connectivity index (χ0) is 12.7. The standard InChI is InChI=1S/C16H16N2O/c1-2-4-14-12(3-1)13-9-11(5-6-15(13)18-14)16-10-17-7-8-19-16/h1-6,9,16-18H,7-8,10H2. The average molecular weight is 252 g/mol. The zero-order valence-electron chi connectivity index (χ0n) is 10.6. The molecule has 1 aliphatic rings. The van der Waals surface area contributed by atoms with E-state index in [0.717, 1.165) is 19.7 Å². The normalized spacial score (nSPS) is 20.1. The Hall–Kier alpha value is -1.84. The van der Waals surface area contributed by atoms with Crippen molar-refractivity contribution in [3.63, 3.8) is 0 Å². The van der Waals surface area contributed by atoms with Gasteiger partial charge in [0.2, 0.25) is 0 Å². The molecule has 0 radical (unpaired) electrons. The number of ether oxygens (including phenoxy) is 1. The van der Waals surface area contributed by atoms with Crippen molar-refractivity contribution >= 4 is 21.8 Å². The van der Waals surface area contributed by atoms with Crippen LogP contribution in [0.3, 0.4) is 0 Å². The Bertz CT molecular complexity index is 726. The van der Waals surface area contributed by atoms with E-state index in [-0.39, 0.29) is 6.10 Å². The Morgan fingerprint density at radius 2 is 1.89 bits per heavy atom. The van der Waals surface area contributed by atoms with Crippen molar-refractivity contribution in [3.8, 4) is 0 Å². The van der Waals surface area contributed by atoms with Crippen LogP contribution in [0.1, 0.15) is 11.7 Å². The van der Waals surface area contributed by atoms with Crippen LogP contribution in [0, 0.1) is 0 Å². The van der Waals surface area contributed by atoms with E-state index in [9.17, 15) is 0 Å². The molecule has 1 aliphatic heterocycles.